The minimum Gasteiger partial charge on any atom is -0.507 e. The van der Waals surface area contributed by atoms with E-state index in [2.05, 4.69) is 4.98 Å². The van der Waals surface area contributed by atoms with Gasteiger partial charge in [0.2, 0.25) is 0 Å². The summed E-state index contributed by atoms with van der Waals surface area (Å²) in [6.45, 7) is 2.17. The fraction of sp³-hybridized carbons (Fsp3) is 0.172. The molecule has 1 aliphatic heterocycles. The van der Waals surface area contributed by atoms with Crippen LogP contribution >= 0.6 is 0 Å². The van der Waals surface area contributed by atoms with Crippen LogP contribution in [0.15, 0.2) is 78.5 Å². The number of carbonyl (C=O) groups is 2. The Bertz CT molecular complexity index is 1540. The number of aliphatic hydroxyl groups excluding tert-OH is 1. The van der Waals surface area contributed by atoms with Gasteiger partial charge in [-0.15, -0.1) is 0 Å². The number of benzene rings is 3. The molecular weight excluding hydrogens is 472 g/mol. The Morgan fingerprint density at radius 1 is 1.03 bits per heavy atom. The third-order valence-corrected chi connectivity index (χ3v) is 6.52. The van der Waals surface area contributed by atoms with E-state index >= 15 is 0 Å². The van der Waals surface area contributed by atoms with Gasteiger partial charge in [0.1, 0.15) is 11.5 Å². The van der Waals surface area contributed by atoms with Crippen molar-refractivity contribution in [3.8, 4) is 17.2 Å². The highest BCUT2D eigenvalue weighted by atomic mass is 16.5. The van der Waals surface area contributed by atoms with Crippen LogP contribution in [0.25, 0.3) is 16.7 Å². The number of para-hydroxylation sites is 2. The molecule has 3 N–H and O–H groups in total. The van der Waals surface area contributed by atoms with Crippen molar-refractivity contribution >= 4 is 28.4 Å². The van der Waals surface area contributed by atoms with Gasteiger partial charge in [-0.1, -0.05) is 42.5 Å². The molecule has 1 fully saturated rings. The molecule has 2 heterocycles. The van der Waals surface area contributed by atoms with Crippen molar-refractivity contribution in [2.45, 2.75) is 19.5 Å². The molecular formula is C29H26N2O6. The number of H-pyrrole nitrogens is 1. The van der Waals surface area contributed by atoms with Gasteiger partial charge < -0.3 is 29.6 Å². The molecule has 5 rings (SSSR count). The van der Waals surface area contributed by atoms with Crippen LogP contribution in [-0.4, -0.2) is 45.5 Å². The van der Waals surface area contributed by atoms with Crippen LogP contribution in [0.3, 0.4) is 0 Å². The lowest BCUT2D eigenvalue weighted by atomic mass is 9.94. The molecule has 0 radical (unpaired) electrons. The molecule has 0 spiro atoms. The lowest BCUT2D eigenvalue weighted by Gasteiger charge is -2.26. The molecule has 1 saturated heterocycles. The van der Waals surface area contributed by atoms with Crippen LogP contribution in [0.2, 0.25) is 0 Å². The van der Waals surface area contributed by atoms with Crippen molar-refractivity contribution in [3.63, 3.8) is 0 Å². The first-order valence-corrected chi connectivity index (χ1v) is 11.9. The second-order valence-corrected chi connectivity index (χ2v) is 8.65. The van der Waals surface area contributed by atoms with Crippen LogP contribution in [0.1, 0.15) is 29.7 Å². The number of methoxy groups -OCH3 is 1. The van der Waals surface area contributed by atoms with Crippen molar-refractivity contribution in [1.29, 1.82) is 0 Å². The molecule has 188 valence electrons. The maximum absolute atomic E-state index is 13.5. The number of carbonyl (C=O) groups excluding carboxylic acids is 2. The van der Waals surface area contributed by atoms with Crippen molar-refractivity contribution < 1.29 is 29.3 Å². The Labute approximate surface area is 213 Å². The Morgan fingerprint density at radius 2 is 1.78 bits per heavy atom. The summed E-state index contributed by atoms with van der Waals surface area (Å²) in [6.07, 6.45) is 1.62. The summed E-state index contributed by atoms with van der Waals surface area (Å²) < 4.78 is 11.0. The molecule has 0 aliphatic carbocycles. The lowest BCUT2D eigenvalue weighted by molar-refractivity contribution is -0.140. The number of hydrogen-bond donors (Lipinski definition) is 3. The summed E-state index contributed by atoms with van der Waals surface area (Å²) in [5.41, 5.74) is 2.37. The number of ketones is 1. The zero-order valence-electron chi connectivity index (χ0n) is 20.4. The number of nitrogens with one attached hydrogen (secondary N) is 1. The van der Waals surface area contributed by atoms with Crippen molar-refractivity contribution in [2.24, 2.45) is 0 Å². The standard InChI is InChI=1S/C29H26N2O6/c1-3-37-24-14-17(12-13-22(24)32)26-25(27(33)20-15-30-21-10-6-5-9-19(20)21)28(34)29(35)31(26)16-18-8-4-7-11-23(18)36-2/h4-15,26,30,32-33H,3,16H2,1-2H3/b27-25-. The van der Waals surface area contributed by atoms with E-state index in [0.29, 0.717) is 29.0 Å². The summed E-state index contributed by atoms with van der Waals surface area (Å²) in [6, 6.07) is 18.3. The number of amides is 1. The second-order valence-electron chi connectivity index (χ2n) is 8.65. The highest BCUT2D eigenvalue weighted by Gasteiger charge is 2.46. The number of fused-ring (bicyclic) bond motifs is 1. The molecule has 1 aromatic heterocycles. The number of rotatable bonds is 7. The van der Waals surface area contributed by atoms with E-state index in [1.165, 1.54) is 18.1 Å². The van der Waals surface area contributed by atoms with Gasteiger partial charge in [0.15, 0.2) is 11.5 Å². The van der Waals surface area contributed by atoms with Gasteiger partial charge in [0, 0.05) is 28.2 Å². The van der Waals surface area contributed by atoms with Crippen LogP contribution in [0, 0.1) is 0 Å². The zero-order chi connectivity index (χ0) is 26.1. The van der Waals surface area contributed by atoms with E-state index in [0.717, 1.165) is 10.9 Å². The zero-order valence-corrected chi connectivity index (χ0v) is 20.4. The van der Waals surface area contributed by atoms with Gasteiger partial charge in [-0.05, 0) is 36.8 Å². The van der Waals surface area contributed by atoms with Crippen molar-refractivity contribution in [3.05, 3.63) is 95.2 Å². The number of ether oxygens (including phenoxy) is 2. The molecule has 37 heavy (non-hydrogen) atoms. The van der Waals surface area contributed by atoms with Crippen LogP contribution in [0.5, 0.6) is 17.2 Å². The average molecular weight is 499 g/mol. The van der Waals surface area contributed by atoms with E-state index in [9.17, 15) is 19.8 Å². The SMILES string of the molecule is CCOc1cc(C2/C(=C(/O)c3c[nH]c4ccccc34)C(=O)C(=O)N2Cc2ccccc2OC)ccc1O. The predicted octanol–water partition coefficient (Wildman–Crippen LogP) is 4.90. The maximum Gasteiger partial charge on any atom is 0.295 e. The summed E-state index contributed by atoms with van der Waals surface area (Å²) in [4.78, 5) is 31.4. The summed E-state index contributed by atoms with van der Waals surface area (Å²) in [7, 11) is 1.54. The first-order valence-electron chi connectivity index (χ1n) is 11.9. The van der Waals surface area contributed by atoms with Gasteiger partial charge >= 0.3 is 0 Å². The Morgan fingerprint density at radius 3 is 2.57 bits per heavy atom. The van der Waals surface area contributed by atoms with Gasteiger partial charge in [-0.25, -0.2) is 0 Å². The highest BCUT2D eigenvalue weighted by molar-refractivity contribution is 6.46. The molecule has 3 aromatic carbocycles. The Hall–Kier alpha value is -4.72. The van der Waals surface area contributed by atoms with Crippen molar-refractivity contribution in [1.82, 2.24) is 9.88 Å². The van der Waals surface area contributed by atoms with Gasteiger partial charge in [-0.2, -0.15) is 0 Å². The molecule has 0 saturated carbocycles. The molecule has 8 heteroatoms. The monoisotopic (exact) mass is 498 g/mol. The molecule has 1 atom stereocenters. The number of aliphatic hydroxyl groups is 1. The number of aromatic amines is 1. The minimum atomic E-state index is -0.932. The normalized spacial score (nSPS) is 16.9. The topological polar surface area (TPSA) is 112 Å². The predicted molar refractivity (Wildman–Crippen MR) is 138 cm³/mol. The first-order chi connectivity index (χ1) is 17.9. The fourth-order valence-electron chi connectivity index (χ4n) is 4.79. The van der Waals surface area contributed by atoms with E-state index < -0.39 is 17.7 Å². The van der Waals surface area contributed by atoms with Gasteiger partial charge in [-0.3, -0.25) is 9.59 Å². The molecule has 1 aliphatic rings. The maximum atomic E-state index is 13.5. The number of Topliss-reactive ketones (excluding diaryl/α,β-unsaturated/α-hetero) is 1. The molecule has 0 bridgehead atoms. The molecule has 4 aromatic rings. The summed E-state index contributed by atoms with van der Waals surface area (Å²) in [5.74, 6) is -1.11. The van der Waals surface area contributed by atoms with Gasteiger partial charge in [0.05, 0.1) is 31.9 Å². The second kappa shape index (κ2) is 9.73. The quantitative estimate of drug-likeness (QED) is 0.190. The first kappa shape index (κ1) is 24.0. The molecule has 1 amide bonds. The lowest BCUT2D eigenvalue weighted by Crippen LogP contribution is -2.29. The van der Waals surface area contributed by atoms with E-state index in [4.69, 9.17) is 9.47 Å². The van der Waals surface area contributed by atoms with E-state index in [-0.39, 0.29) is 29.4 Å². The minimum absolute atomic E-state index is 0.0437. The van der Waals surface area contributed by atoms with E-state index in [1.54, 1.807) is 31.3 Å². The van der Waals surface area contributed by atoms with Crippen LogP contribution in [0.4, 0.5) is 0 Å². The molecule has 8 nitrogen and oxygen atoms in total. The van der Waals surface area contributed by atoms with Crippen molar-refractivity contribution in [2.75, 3.05) is 13.7 Å². The van der Waals surface area contributed by atoms with Gasteiger partial charge in [0.25, 0.3) is 11.7 Å². The number of likely N-dealkylation sites (tertiary alicyclic amines) is 1. The number of phenolic OH excluding ortho intramolecular Hbond substituents is 1. The van der Waals surface area contributed by atoms with Crippen LogP contribution < -0.4 is 9.47 Å². The Balaban J connectivity index is 1.71. The number of phenols is 1. The highest BCUT2D eigenvalue weighted by Crippen LogP contribution is 2.43. The smallest absolute Gasteiger partial charge is 0.295 e. The third-order valence-electron chi connectivity index (χ3n) is 6.52. The Kier molecular flexibility index (Phi) is 6.31. The number of hydrogen-bond acceptors (Lipinski definition) is 6. The average Bonchev–Trinajstić information content (AvgIpc) is 3.45. The number of aromatic hydroxyl groups is 1. The van der Waals surface area contributed by atoms with E-state index in [1.807, 2.05) is 42.5 Å². The molecule has 1 unspecified atom stereocenters. The third kappa shape index (κ3) is 4.16. The summed E-state index contributed by atoms with van der Waals surface area (Å²) in [5, 5.41) is 22.5. The van der Waals surface area contributed by atoms with Crippen LogP contribution in [-0.2, 0) is 16.1 Å². The fourth-order valence-corrected chi connectivity index (χ4v) is 4.79. The number of aromatic nitrogens is 1. The summed E-state index contributed by atoms with van der Waals surface area (Å²) >= 11 is 0. The number of nitrogens with zero attached hydrogens (tertiary/aromatic N) is 1. The largest absolute Gasteiger partial charge is 0.507 e.